The molecule has 3 rings (SSSR count). The monoisotopic (exact) mass is 323 g/mol. The number of ether oxygens (including phenoxy) is 2. The Bertz CT molecular complexity index is 872. The first-order valence-electron chi connectivity index (χ1n) is 7.40. The van der Waals surface area contributed by atoms with Crippen LogP contribution in [0.4, 0.5) is 0 Å². The van der Waals surface area contributed by atoms with Gasteiger partial charge >= 0.3 is 5.97 Å². The molecule has 0 unspecified atom stereocenters. The Balaban J connectivity index is 2.22. The minimum absolute atomic E-state index is 0.0975. The zero-order valence-electron chi connectivity index (χ0n) is 13.7. The Morgan fingerprint density at radius 1 is 1.08 bits per heavy atom. The SMILES string of the molecule is COC(=O)c1nc(-c2ccccc2)nn1-c1cc(C)ccc1OC. The second kappa shape index (κ2) is 6.54. The van der Waals surface area contributed by atoms with E-state index >= 15 is 0 Å². The molecule has 0 saturated heterocycles. The summed E-state index contributed by atoms with van der Waals surface area (Å²) < 4.78 is 11.7. The fraction of sp³-hybridized carbons (Fsp3) is 0.167. The third-order valence-corrected chi connectivity index (χ3v) is 3.57. The number of hydrogen-bond donors (Lipinski definition) is 0. The minimum Gasteiger partial charge on any atom is -0.494 e. The third kappa shape index (κ3) is 2.86. The molecule has 0 saturated carbocycles. The van der Waals surface area contributed by atoms with Gasteiger partial charge in [0.2, 0.25) is 5.82 Å². The number of nitrogens with zero attached hydrogens (tertiary/aromatic N) is 3. The minimum atomic E-state index is -0.562. The van der Waals surface area contributed by atoms with Crippen LogP contribution < -0.4 is 4.74 Å². The Hall–Kier alpha value is -3.15. The number of hydrogen-bond acceptors (Lipinski definition) is 5. The molecular weight excluding hydrogens is 306 g/mol. The van der Waals surface area contributed by atoms with Crippen molar-refractivity contribution in [2.24, 2.45) is 0 Å². The van der Waals surface area contributed by atoms with Crippen LogP contribution >= 0.6 is 0 Å². The van der Waals surface area contributed by atoms with E-state index in [9.17, 15) is 4.79 Å². The maximum atomic E-state index is 12.2. The Morgan fingerprint density at radius 2 is 1.83 bits per heavy atom. The average Bonchev–Trinajstić information content (AvgIpc) is 3.07. The van der Waals surface area contributed by atoms with E-state index < -0.39 is 5.97 Å². The van der Waals surface area contributed by atoms with Crippen molar-refractivity contribution in [3.05, 3.63) is 59.9 Å². The summed E-state index contributed by atoms with van der Waals surface area (Å²) in [7, 11) is 2.89. The first kappa shape index (κ1) is 15.7. The van der Waals surface area contributed by atoms with Gasteiger partial charge in [0.25, 0.3) is 0 Å². The number of carbonyl (C=O) groups is 1. The van der Waals surface area contributed by atoms with Crippen molar-refractivity contribution in [3.63, 3.8) is 0 Å². The quantitative estimate of drug-likeness (QED) is 0.690. The van der Waals surface area contributed by atoms with Gasteiger partial charge in [0, 0.05) is 5.56 Å². The van der Waals surface area contributed by atoms with Gasteiger partial charge in [0.05, 0.1) is 14.2 Å². The largest absolute Gasteiger partial charge is 0.494 e. The number of aryl methyl sites for hydroxylation is 1. The Labute approximate surface area is 139 Å². The predicted molar refractivity (Wildman–Crippen MR) is 89.4 cm³/mol. The molecule has 6 nitrogen and oxygen atoms in total. The van der Waals surface area contributed by atoms with Crippen LogP contribution in [0.2, 0.25) is 0 Å². The van der Waals surface area contributed by atoms with Crippen molar-refractivity contribution >= 4 is 5.97 Å². The topological polar surface area (TPSA) is 66.2 Å². The highest BCUT2D eigenvalue weighted by Crippen LogP contribution is 2.26. The van der Waals surface area contributed by atoms with Crippen LogP contribution in [0.15, 0.2) is 48.5 Å². The third-order valence-electron chi connectivity index (χ3n) is 3.57. The zero-order chi connectivity index (χ0) is 17.1. The number of esters is 1. The molecule has 0 spiro atoms. The molecular formula is C18H17N3O3. The standard InChI is InChI=1S/C18H17N3O3/c1-12-9-10-15(23-2)14(11-12)21-17(18(22)24-3)19-16(20-21)13-7-5-4-6-8-13/h4-11H,1-3H3. The highest BCUT2D eigenvalue weighted by Gasteiger charge is 2.22. The average molecular weight is 323 g/mol. The highest BCUT2D eigenvalue weighted by atomic mass is 16.5. The van der Waals surface area contributed by atoms with Gasteiger partial charge in [-0.1, -0.05) is 36.4 Å². The maximum Gasteiger partial charge on any atom is 0.376 e. The predicted octanol–water partition coefficient (Wildman–Crippen LogP) is 3.04. The summed E-state index contributed by atoms with van der Waals surface area (Å²) in [6.45, 7) is 1.95. The van der Waals surface area contributed by atoms with Gasteiger partial charge in [-0.05, 0) is 24.6 Å². The molecule has 122 valence electrons. The number of rotatable bonds is 4. The smallest absolute Gasteiger partial charge is 0.376 e. The lowest BCUT2D eigenvalue weighted by atomic mass is 10.2. The summed E-state index contributed by atoms with van der Waals surface area (Å²) in [5.41, 5.74) is 2.46. The first-order valence-corrected chi connectivity index (χ1v) is 7.40. The van der Waals surface area contributed by atoms with Crippen molar-refractivity contribution in [2.75, 3.05) is 14.2 Å². The Kier molecular flexibility index (Phi) is 4.29. The van der Waals surface area contributed by atoms with Crippen LogP contribution in [0.5, 0.6) is 5.75 Å². The van der Waals surface area contributed by atoms with Crippen LogP contribution in [-0.2, 0) is 4.74 Å². The molecule has 0 atom stereocenters. The van der Waals surface area contributed by atoms with E-state index in [4.69, 9.17) is 9.47 Å². The van der Waals surface area contributed by atoms with Crippen molar-refractivity contribution in [1.82, 2.24) is 14.8 Å². The Morgan fingerprint density at radius 3 is 2.50 bits per heavy atom. The fourth-order valence-corrected chi connectivity index (χ4v) is 2.38. The molecule has 0 aliphatic heterocycles. The van der Waals surface area contributed by atoms with Crippen LogP contribution in [0.1, 0.15) is 16.2 Å². The molecule has 0 aliphatic carbocycles. The normalized spacial score (nSPS) is 10.5. The number of aromatic nitrogens is 3. The van der Waals surface area contributed by atoms with E-state index in [2.05, 4.69) is 10.1 Å². The molecule has 0 aliphatic rings. The van der Waals surface area contributed by atoms with Crippen molar-refractivity contribution in [2.45, 2.75) is 6.92 Å². The lowest BCUT2D eigenvalue weighted by molar-refractivity contribution is 0.0583. The molecule has 0 radical (unpaired) electrons. The summed E-state index contributed by atoms with van der Waals surface area (Å²) in [6.07, 6.45) is 0. The number of benzene rings is 2. The summed E-state index contributed by atoms with van der Waals surface area (Å²) in [5, 5.41) is 4.49. The fourth-order valence-electron chi connectivity index (χ4n) is 2.38. The molecule has 1 aromatic heterocycles. The van der Waals surface area contributed by atoms with Crippen LogP contribution in [0.25, 0.3) is 17.1 Å². The van der Waals surface area contributed by atoms with E-state index in [1.807, 2.05) is 55.5 Å². The van der Waals surface area contributed by atoms with Gasteiger partial charge in [-0.15, -0.1) is 5.10 Å². The van der Waals surface area contributed by atoms with Crippen molar-refractivity contribution in [3.8, 4) is 22.8 Å². The van der Waals surface area contributed by atoms with Crippen LogP contribution in [0.3, 0.4) is 0 Å². The molecule has 0 fully saturated rings. The summed E-state index contributed by atoms with van der Waals surface area (Å²) in [6, 6.07) is 15.1. The van der Waals surface area contributed by atoms with Gasteiger partial charge in [0.15, 0.2) is 5.82 Å². The van der Waals surface area contributed by atoms with E-state index in [0.717, 1.165) is 11.1 Å². The van der Waals surface area contributed by atoms with Crippen molar-refractivity contribution in [1.29, 1.82) is 0 Å². The van der Waals surface area contributed by atoms with Gasteiger partial charge in [-0.25, -0.2) is 14.5 Å². The van der Waals surface area contributed by atoms with Crippen LogP contribution in [0, 0.1) is 6.92 Å². The molecule has 0 amide bonds. The van der Waals surface area contributed by atoms with Gasteiger partial charge in [-0.3, -0.25) is 0 Å². The van der Waals surface area contributed by atoms with E-state index in [1.54, 1.807) is 7.11 Å². The maximum absolute atomic E-state index is 12.2. The summed E-state index contributed by atoms with van der Waals surface area (Å²) in [4.78, 5) is 16.5. The second-order valence-corrected chi connectivity index (χ2v) is 5.20. The second-order valence-electron chi connectivity index (χ2n) is 5.20. The van der Waals surface area contributed by atoms with E-state index in [-0.39, 0.29) is 5.82 Å². The van der Waals surface area contributed by atoms with Crippen molar-refractivity contribution < 1.29 is 14.3 Å². The zero-order valence-corrected chi connectivity index (χ0v) is 13.7. The molecule has 6 heteroatoms. The number of methoxy groups -OCH3 is 2. The highest BCUT2D eigenvalue weighted by molar-refractivity contribution is 5.87. The molecule has 1 heterocycles. The van der Waals surface area contributed by atoms with E-state index in [1.165, 1.54) is 11.8 Å². The first-order chi connectivity index (χ1) is 11.6. The molecule has 0 bridgehead atoms. The van der Waals surface area contributed by atoms with E-state index in [0.29, 0.717) is 17.3 Å². The summed E-state index contributed by atoms with van der Waals surface area (Å²) >= 11 is 0. The van der Waals surface area contributed by atoms with Gasteiger partial charge < -0.3 is 9.47 Å². The summed E-state index contributed by atoms with van der Waals surface area (Å²) in [5.74, 6) is 0.573. The number of carbonyl (C=O) groups excluding carboxylic acids is 1. The van der Waals surface area contributed by atoms with Crippen LogP contribution in [-0.4, -0.2) is 35.0 Å². The lowest BCUT2D eigenvalue weighted by Crippen LogP contribution is -2.12. The molecule has 3 aromatic rings. The van der Waals surface area contributed by atoms with Gasteiger partial charge in [-0.2, -0.15) is 0 Å². The molecule has 24 heavy (non-hydrogen) atoms. The molecule has 2 aromatic carbocycles. The molecule has 0 N–H and O–H groups in total. The van der Waals surface area contributed by atoms with Gasteiger partial charge in [0.1, 0.15) is 11.4 Å². The lowest BCUT2D eigenvalue weighted by Gasteiger charge is -2.10.